The number of allylic oxidation sites excluding steroid dienone is 1. The maximum Gasteiger partial charge on any atom is 0.294 e. The Morgan fingerprint density at radius 1 is 0.917 bits per heavy atom. The van der Waals surface area contributed by atoms with Crippen LogP contribution in [-0.2, 0) is 26.7 Å². The van der Waals surface area contributed by atoms with Crippen molar-refractivity contribution in [3.05, 3.63) is 35.4 Å². The Kier molecular flexibility index (Phi) is 12.3. The number of rotatable bonds is 2. The lowest BCUT2D eigenvalue weighted by Crippen LogP contribution is -2.12. The summed E-state index contributed by atoms with van der Waals surface area (Å²) in [5.41, 5.74) is 0.314. The summed E-state index contributed by atoms with van der Waals surface area (Å²) < 4.78 is 62.9. The third-order valence-corrected chi connectivity index (χ3v) is 4.56. The molecule has 6 nitrogen and oxygen atoms in total. The number of benzene rings is 1. The molecular weight excluding hydrogens is 372 g/mol. The first-order valence-electron chi connectivity index (χ1n) is 7.43. The molecule has 0 saturated heterocycles. The van der Waals surface area contributed by atoms with Gasteiger partial charge in [-0.05, 0) is 36.3 Å². The average molecular weight is 399 g/mol. The molecule has 2 rings (SSSR count). The summed E-state index contributed by atoms with van der Waals surface area (Å²) in [6.07, 6.45) is 3.57. The normalized spacial score (nSPS) is 12.8. The highest BCUT2D eigenvalue weighted by Gasteiger charge is 2.26. The Labute approximate surface area is 150 Å². The highest BCUT2D eigenvalue weighted by molar-refractivity contribution is 7.95. The molecule has 9 heteroatoms. The lowest BCUT2D eigenvalue weighted by molar-refractivity contribution is 0.481. The van der Waals surface area contributed by atoms with Gasteiger partial charge in [-0.3, -0.25) is 9.11 Å². The molecule has 0 amide bonds. The van der Waals surface area contributed by atoms with Crippen molar-refractivity contribution in [2.75, 3.05) is 6.26 Å². The van der Waals surface area contributed by atoms with Gasteiger partial charge in [0.05, 0.1) is 9.80 Å². The highest BCUT2D eigenvalue weighted by Crippen LogP contribution is 2.33. The maximum atomic E-state index is 11.2. The first kappa shape index (κ1) is 25.4. The fourth-order valence-corrected chi connectivity index (χ4v) is 3.57. The summed E-state index contributed by atoms with van der Waals surface area (Å²) >= 11 is 3.53. The number of fused-ring (bicyclic) bond motifs is 1. The van der Waals surface area contributed by atoms with E-state index in [1.54, 1.807) is 6.26 Å². The summed E-state index contributed by atoms with van der Waals surface area (Å²) in [5, 5.41) is 0. The van der Waals surface area contributed by atoms with Gasteiger partial charge < -0.3 is 0 Å². The van der Waals surface area contributed by atoms with E-state index in [1.165, 1.54) is 24.3 Å². The van der Waals surface area contributed by atoms with Crippen molar-refractivity contribution in [1.29, 1.82) is 0 Å². The van der Waals surface area contributed by atoms with Gasteiger partial charge in [-0.2, -0.15) is 29.5 Å². The topological polar surface area (TPSA) is 109 Å². The van der Waals surface area contributed by atoms with E-state index in [9.17, 15) is 16.8 Å². The van der Waals surface area contributed by atoms with Crippen molar-refractivity contribution < 1.29 is 25.9 Å². The first-order valence-corrected chi connectivity index (χ1v) is 11.2. The Morgan fingerprint density at radius 2 is 1.42 bits per heavy atom. The average Bonchev–Trinajstić information content (AvgIpc) is 2.57. The van der Waals surface area contributed by atoms with Crippen molar-refractivity contribution in [3.8, 4) is 0 Å². The minimum atomic E-state index is -4.42. The third-order valence-electron chi connectivity index (χ3n) is 2.68. The van der Waals surface area contributed by atoms with Gasteiger partial charge >= 0.3 is 0 Å². The van der Waals surface area contributed by atoms with E-state index < -0.39 is 20.2 Å². The molecule has 0 unspecified atom stereocenters. The molecule has 0 fully saturated rings. The van der Waals surface area contributed by atoms with Crippen molar-refractivity contribution >= 4 is 37.8 Å². The molecule has 0 aliphatic heterocycles. The van der Waals surface area contributed by atoms with Crippen LogP contribution in [0.3, 0.4) is 0 Å². The SMILES string of the molecule is CC.CC.CS.O=S(=O)(O)C1=CCCc2c1cccc2S(=O)(=O)O. The summed E-state index contributed by atoms with van der Waals surface area (Å²) in [5.74, 6) is 0. The molecule has 1 aliphatic rings. The molecule has 140 valence electrons. The largest absolute Gasteiger partial charge is 0.294 e. The Hall–Kier alpha value is -0.870. The lowest BCUT2D eigenvalue weighted by atomic mass is 9.97. The second kappa shape index (κ2) is 11.6. The van der Waals surface area contributed by atoms with Gasteiger partial charge in [0.1, 0.15) is 0 Å². The Morgan fingerprint density at radius 3 is 1.83 bits per heavy atom. The molecule has 0 bridgehead atoms. The minimum absolute atomic E-state index is 0.110. The molecule has 1 aliphatic carbocycles. The van der Waals surface area contributed by atoms with E-state index in [2.05, 4.69) is 12.6 Å². The monoisotopic (exact) mass is 398 g/mol. The molecule has 24 heavy (non-hydrogen) atoms. The zero-order valence-corrected chi connectivity index (χ0v) is 17.0. The standard InChI is InChI=1S/C10H10O6S2.2C2H6.CH4S/c11-17(12,13)9-5-1-3-7-8(9)4-2-6-10(7)18(14,15)16;3*1-2/h1,3,5-6H,2,4H2,(H,11,12,13)(H,14,15,16);2*1-2H3;2H,1H3. The van der Waals surface area contributed by atoms with Gasteiger partial charge in [0.15, 0.2) is 0 Å². The second-order valence-corrected chi connectivity index (χ2v) is 6.62. The predicted octanol–water partition coefficient (Wildman–Crippen LogP) is 3.71. The lowest BCUT2D eigenvalue weighted by Gasteiger charge is -2.17. The number of hydrogen-bond donors (Lipinski definition) is 3. The van der Waals surface area contributed by atoms with Crippen LogP contribution in [-0.4, -0.2) is 32.2 Å². The Bertz CT molecular complexity index is 734. The third kappa shape index (κ3) is 6.94. The van der Waals surface area contributed by atoms with Crippen LogP contribution in [0.1, 0.15) is 45.2 Å². The van der Waals surface area contributed by atoms with Gasteiger partial charge in [-0.1, -0.05) is 45.9 Å². The van der Waals surface area contributed by atoms with Crippen LogP contribution in [0.5, 0.6) is 0 Å². The van der Waals surface area contributed by atoms with E-state index in [1.807, 2.05) is 27.7 Å². The smallest absolute Gasteiger partial charge is 0.282 e. The minimum Gasteiger partial charge on any atom is -0.282 e. The molecular formula is C15H26O6S3. The fourth-order valence-electron chi connectivity index (χ4n) is 2.00. The van der Waals surface area contributed by atoms with Crippen LogP contribution in [0, 0.1) is 0 Å². The van der Waals surface area contributed by atoms with Crippen molar-refractivity contribution in [1.82, 2.24) is 0 Å². The summed E-state index contributed by atoms with van der Waals surface area (Å²) in [7, 11) is -8.83. The summed E-state index contributed by atoms with van der Waals surface area (Å²) in [6, 6.07) is 3.90. The molecule has 0 heterocycles. The summed E-state index contributed by atoms with van der Waals surface area (Å²) in [6.45, 7) is 8.00. The van der Waals surface area contributed by atoms with E-state index in [0.717, 1.165) is 0 Å². The van der Waals surface area contributed by atoms with Gasteiger partial charge in [-0.25, -0.2) is 0 Å². The molecule has 0 atom stereocenters. The molecule has 0 spiro atoms. The van der Waals surface area contributed by atoms with Gasteiger partial charge in [0.25, 0.3) is 20.2 Å². The zero-order valence-electron chi connectivity index (χ0n) is 14.5. The molecule has 1 aromatic carbocycles. The van der Waals surface area contributed by atoms with Crippen LogP contribution in [0.15, 0.2) is 29.2 Å². The molecule has 0 aromatic heterocycles. The second-order valence-electron chi connectivity index (χ2n) is 3.84. The molecule has 0 saturated carbocycles. The quantitative estimate of drug-likeness (QED) is 0.518. The zero-order chi connectivity index (χ0) is 19.6. The number of hydrogen-bond acceptors (Lipinski definition) is 5. The molecule has 0 radical (unpaired) electrons. The van der Waals surface area contributed by atoms with Gasteiger partial charge in [0, 0.05) is 0 Å². The van der Waals surface area contributed by atoms with Crippen molar-refractivity contribution in [2.24, 2.45) is 0 Å². The van der Waals surface area contributed by atoms with Crippen LogP contribution >= 0.6 is 12.6 Å². The van der Waals surface area contributed by atoms with Crippen LogP contribution in [0.25, 0.3) is 4.91 Å². The number of thiol groups is 1. The maximum absolute atomic E-state index is 11.2. The highest BCUT2D eigenvalue weighted by atomic mass is 32.2. The van der Waals surface area contributed by atoms with E-state index in [0.29, 0.717) is 0 Å². The van der Waals surface area contributed by atoms with Gasteiger partial charge in [-0.15, -0.1) is 0 Å². The summed E-state index contributed by atoms with van der Waals surface area (Å²) in [4.78, 5) is -0.650. The Balaban J connectivity index is 0. The fraction of sp³-hybridized carbons (Fsp3) is 0.467. The van der Waals surface area contributed by atoms with Crippen molar-refractivity contribution in [2.45, 2.75) is 45.4 Å². The van der Waals surface area contributed by atoms with Crippen molar-refractivity contribution in [3.63, 3.8) is 0 Å². The van der Waals surface area contributed by atoms with E-state index in [4.69, 9.17) is 9.11 Å². The van der Waals surface area contributed by atoms with Crippen LogP contribution < -0.4 is 0 Å². The first-order chi connectivity index (χ1) is 11.2. The van der Waals surface area contributed by atoms with E-state index in [-0.39, 0.29) is 33.8 Å². The van der Waals surface area contributed by atoms with Gasteiger partial charge in [0.2, 0.25) is 0 Å². The van der Waals surface area contributed by atoms with E-state index >= 15 is 0 Å². The molecule has 2 N–H and O–H groups in total. The predicted molar refractivity (Wildman–Crippen MR) is 102 cm³/mol. The van der Waals surface area contributed by atoms with Crippen LogP contribution in [0.2, 0.25) is 0 Å². The van der Waals surface area contributed by atoms with Crippen LogP contribution in [0.4, 0.5) is 0 Å². The molecule has 1 aromatic rings.